The van der Waals surface area contributed by atoms with Gasteiger partial charge in [-0.05, 0) is 38.0 Å². The number of aromatic hydroxyl groups is 1. The first-order chi connectivity index (χ1) is 14.4. The number of aliphatic carboxylic acids is 2. The number of nitrogens with two attached hydrogens (primary N) is 1. The molecule has 0 heterocycles. The monoisotopic (exact) mass is 438 g/mol. The lowest BCUT2D eigenvalue weighted by Crippen LogP contribution is -2.55. The third-order valence-electron chi connectivity index (χ3n) is 4.23. The van der Waals surface area contributed by atoms with Crippen molar-refractivity contribution in [1.82, 2.24) is 16.0 Å². The Morgan fingerprint density at radius 3 is 1.84 bits per heavy atom. The Bertz CT molecular complexity index is 827. The van der Waals surface area contributed by atoms with E-state index in [0.29, 0.717) is 5.56 Å². The maximum atomic E-state index is 12.2. The Morgan fingerprint density at radius 2 is 1.35 bits per heavy atom. The number of amides is 3. The summed E-state index contributed by atoms with van der Waals surface area (Å²) >= 11 is 0. The molecule has 1 aromatic carbocycles. The quantitative estimate of drug-likeness (QED) is 0.210. The van der Waals surface area contributed by atoms with E-state index in [9.17, 15) is 29.1 Å². The van der Waals surface area contributed by atoms with Crippen molar-refractivity contribution >= 4 is 29.7 Å². The molecule has 4 unspecified atom stereocenters. The molecule has 12 heteroatoms. The average Bonchev–Trinajstić information content (AvgIpc) is 2.68. The SMILES string of the molecule is CC(NC(=O)C(N)Cc1ccc(O)cc1)C(=O)NC(C)C(=O)NC(CC(=O)O)C(=O)O. The standard InChI is InChI=1S/C19H26N4O8/c1-9(22-18(29)13(20)7-11-3-5-12(24)6-4-11)16(27)21-10(2)17(28)23-14(19(30)31)8-15(25)26/h3-6,9-10,13-14,24H,7-8,20H2,1-2H3,(H,21,27)(H,22,29)(H,23,28)(H,25,26)(H,30,31). The minimum Gasteiger partial charge on any atom is -0.508 e. The van der Waals surface area contributed by atoms with Crippen molar-refractivity contribution in [3.63, 3.8) is 0 Å². The van der Waals surface area contributed by atoms with Crippen LogP contribution in [0.1, 0.15) is 25.8 Å². The van der Waals surface area contributed by atoms with E-state index in [0.717, 1.165) is 0 Å². The molecule has 3 amide bonds. The fourth-order valence-electron chi connectivity index (χ4n) is 2.44. The molecule has 0 aliphatic carbocycles. The number of carboxylic acids is 2. The van der Waals surface area contributed by atoms with E-state index in [1.165, 1.54) is 26.0 Å². The zero-order chi connectivity index (χ0) is 23.7. The largest absolute Gasteiger partial charge is 0.508 e. The number of phenolic OH excluding ortho intramolecular Hbond substituents is 1. The minimum absolute atomic E-state index is 0.0721. The first-order valence-corrected chi connectivity index (χ1v) is 9.30. The van der Waals surface area contributed by atoms with Crippen LogP contribution in [0.4, 0.5) is 0 Å². The number of hydrogen-bond acceptors (Lipinski definition) is 7. The van der Waals surface area contributed by atoms with Crippen LogP contribution in [0.2, 0.25) is 0 Å². The summed E-state index contributed by atoms with van der Waals surface area (Å²) < 4.78 is 0. The van der Waals surface area contributed by atoms with Gasteiger partial charge < -0.3 is 37.0 Å². The summed E-state index contributed by atoms with van der Waals surface area (Å²) in [5.41, 5.74) is 6.54. The van der Waals surface area contributed by atoms with Gasteiger partial charge in [0.25, 0.3) is 0 Å². The van der Waals surface area contributed by atoms with Gasteiger partial charge >= 0.3 is 11.9 Å². The molecule has 1 rings (SSSR count). The number of hydrogen-bond donors (Lipinski definition) is 7. The summed E-state index contributed by atoms with van der Waals surface area (Å²) in [5, 5.41) is 33.6. The summed E-state index contributed by atoms with van der Waals surface area (Å²) in [5.74, 6) is -5.10. The zero-order valence-corrected chi connectivity index (χ0v) is 17.0. The average molecular weight is 438 g/mol. The molecule has 170 valence electrons. The van der Waals surface area contributed by atoms with Crippen LogP contribution in [0.3, 0.4) is 0 Å². The first-order valence-electron chi connectivity index (χ1n) is 9.30. The fraction of sp³-hybridized carbons (Fsp3) is 0.421. The molecule has 0 spiro atoms. The highest BCUT2D eigenvalue weighted by molar-refractivity contribution is 5.94. The van der Waals surface area contributed by atoms with Crippen LogP contribution >= 0.6 is 0 Å². The van der Waals surface area contributed by atoms with Gasteiger partial charge in [0.2, 0.25) is 17.7 Å². The van der Waals surface area contributed by atoms with E-state index >= 15 is 0 Å². The number of nitrogens with one attached hydrogen (secondary N) is 3. The van der Waals surface area contributed by atoms with Crippen LogP contribution in [0.5, 0.6) is 5.75 Å². The lowest BCUT2D eigenvalue weighted by molar-refractivity contribution is -0.147. The van der Waals surface area contributed by atoms with Gasteiger partial charge in [-0.2, -0.15) is 0 Å². The second-order valence-corrected chi connectivity index (χ2v) is 6.93. The maximum absolute atomic E-state index is 12.2. The molecular formula is C19H26N4O8. The molecule has 12 nitrogen and oxygen atoms in total. The second kappa shape index (κ2) is 11.5. The van der Waals surface area contributed by atoms with E-state index in [1.807, 2.05) is 5.32 Å². The van der Waals surface area contributed by atoms with E-state index in [1.54, 1.807) is 12.1 Å². The number of carbonyl (C=O) groups excluding carboxylic acids is 3. The number of carboxylic acid groups (broad SMARTS) is 2. The Balaban J connectivity index is 2.56. The van der Waals surface area contributed by atoms with Crippen molar-refractivity contribution in [3.05, 3.63) is 29.8 Å². The summed E-state index contributed by atoms with van der Waals surface area (Å²) in [4.78, 5) is 58.2. The van der Waals surface area contributed by atoms with Crippen molar-refractivity contribution in [1.29, 1.82) is 0 Å². The van der Waals surface area contributed by atoms with Crippen molar-refractivity contribution in [2.75, 3.05) is 0 Å². The third-order valence-corrected chi connectivity index (χ3v) is 4.23. The van der Waals surface area contributed by atoms with Crippen LogP contribution < -0.4 is 21.7 Å². The predicted octanol–water partition coefficient (Wildman–Crippen LogP) is -1.68. The van der Waals surface area contributed by atoms with Crippen LogP contribution in [0.25, 0.3) is 0 Å². The summed E-state index contributed by atoms with van der Waals surface area (Å²) in [6.07, 6.45) is -0.660. The molecule has 0 aromatic heterocycles. The number of rotatable bonds is 11. The molecule has 8 N–H and O–H groups in total. The van der Waals surface area contributed by atoms with E-state index in [4.69, 9.17) is 15.9 Å². The number of phenols is 1. The van der Waals surface area contributed by atoms with Gasteiger partial charge in [-0.25, -0.2) is 4.79 Å². The molecule has 31 heavy (non-hydrogen) atoms. The number of benzene rings is 1. The molecular weight excluding hydrogens is 412 g/mol. The van der Waals surface area contributed by atoms with Gasteiger partial charge in [0.05, 0.1) is 12.5 Å². The van der Waals surface area contributed by atoms with Gasteiger partial charge in [0.15, 0.2) is 0 Å². The lowest BCUT2D eigenvalue weighted by atomic mass is 10.1. The Morgan fingerprint density at radius 1 is 0.871 bits per heavy atom. The topological polar surface area (TPSA) is 208 Å². The first kappa shape index (κ1) is 25.4. The van der Waals surface area contributed by atoms with E-state index in [2.05, 4.69) is 10.6 Å². The van der Waals surface area contributed by atoms with Gasteiger partial charge in [0, 0.05) is 0 Å². The maximum Gasteiger partial charge on any atom is 0.326 e. The van der Waals surface area contributed by atoms with Crippen molar-refractivity contribution in [3.8, 4) is 5.75 Å². The highest BCUT2D eigenvalue weighted by atomic mass is 16.4. The number of carbonyl (C=O) groups is 5. The molecule has 4 atom stereocenters. The highest BCUT2D eigenvalue weighted by Crippen LogP contribution is 2.11. The molecule has 0 fully saturated rings. The summed E-state index contributed by atoms with van der Waals surface area (Å²) in [6.45, 7) is 2.65. The molecule has 0 saturated carbocycles. The van der Waals surface area contributed by atoms with Crippen LogP contribution in [0, 0.1) is 0 Å². The fourth-order valence-corrected chi connectivity index (χ4v) is 2.44. The van der Waals surface area contributed by atoms with E-state index < -0.39 is 60.2 Å². The molecule has 0 aliphatic rings. The van der Waals surface area contributed by atoms with Crippen molar-refractivity contribution in [2.24, 2.45) is 5.73 Å². The molecule has 0 bridgehead atoms. The summed E-state index contributed by atoms with van der Waals surface area (Å²) in [7, 11) is 0. The minimum atomic E-state index is -1.65. The van der Waals surface area contributed by atoms with Crippen LogP contribution in [-0.4, -0.2) is 69.1 Å². The molecule has 0 aliphatic heterocycles. The lowest BCUT2D eigenvalue weighted by Gasteiger charge is -2.21. The smallest absolute Gasteiger partial charge is 0.326 e. The van der Waals surface area contributed by atoms with Gasteiger partial charge in [-0.1, -0.05) is 12.1 Å². The molecule has 1 aromatic rings. The van der Waals surface area contributed by atoms with Crippen LogP contribution in [-0.2, 0) is 30.4 Å². The molecule has 0 radical (unpaired) electrons. The second-order valence-electron chi connectivity index (χ2n) is 6.93. The van der Waals surface area contributed by atoms with Crippen molar-refractivity contribution in [2.45, 2.75) is 50.9 Å². The van der Waals surface area contributed by atoms with Gasteiger partial charge in [0.1, 0.15) is 23.9 Å². The predicted molar refractivity (Wildman–Crippen MR) is 107 cm³/mol. The Kier molecular flexibility index (Phi) is 9.41. The van der Waals surface area contributed by atoms with E-state index in [-0.39, 0.29) is 12.2 Å². The van der Waals surface area contributed by atoms with Crippen LogP contribution in [0.15, 0.2) is 24.3 Å². The normalized spacial score (nSPS) is 14.4. The molecule has 0 saturated heterocycles. The summed E-state index contributed by atoms with van der Waals surface area (Å²) in [6, 6.07) is 1.26. The Hall–Kier alpha value is -3.67. The van der Waals surface area contributed by atoms with Gasteiger partial charge in [-0.3, -0.25) is 19.2 Å². The highest BCUT2D eigenvalue weighted by Gasteiger charge is 2.27. The Labute approximate surface area is 177 Å². The van der Waals surface area contributed by atoms with Gasteiger partial charge in [-0.15, -0.1) is 0 Å². The zero-order valence-electron chi connectivity index (χ0n) is 17.0. The van der Waals surface area contributed by atoms with Crippen molar-refractivity contribution < 1.29 is 39.3 Å². The third kappa shape index (κ3) is 8.70.